The molecule has 0 radical (unpaired) electrons. The fourth-order valence-electron chi connectivity index (χ4n) is 2.65. The van der Waals surface area contributed by atoms with Crippen LogP contribution in [0.25, 0.3) is 0 Å². The molecule has 164 valence electrons. The molecule has 0 amide bonds. The van der Waals surface area contributed by atoms with Crippen molar-refractivity contribution in [2.45, 2.75) is 52.1 Å². The molecule has 0 saturated heterocycles. The Morgan fingerprint density at radius 3 is 2.38 bits per heavy atom. The van der Waals surface area contributed by atoms with Crippen LogP contribution in [0.15, 0.2) is 35.7 Å². The standard InChI is InChI=1S/C21H30F3NO4/c1-4-6-7-15(5-2)14-29-17-10-8-16(9-11-17)12-13-28-20(27)18(25-3)19(26)21(22,23)24/h8-11,15,25-26H,4-7,12-14H2,1-3H3/p-1/b19-18+. The molecule has 0 aliphatic rings. The third kappa shape index (κ3) is 8.66. The summed E-state index contributed by atoms with van der Waals surface area (Å²) in [6.07, 6.45) is -0.294. The Morgan fingerprint density at radius 2 is 1.86 bits per heavy atom. The van der Waals surface area contributed by atoms with Gasteiger partial charge in [-0.2, -0.15) is 13.2 Å². The van der Waals surface area contributed by atoms with E-state index in [1.807, 2.05) is 17.4 Å². The van der Waals surface area contributed by atoms with Crippen molar-refractivity contribution in [3.05, 3.63) is 41.3 Å². The summed E-state index contributed by atoms with van der Waals surface area (Å²) in [5.74, 6) is -2.32. The number of rotatable bonds is 12. The molecule has 0 bridgehead atoms. The normalized spacial score (nSPS) is 13.4. The van der Waals surface area contributed by atoms with E-state index in [2.05, 4.69) is 13.8 Å². The molecular weight excluding hydrogens is 387 g/mol. The second kappa shape index (κ2) is 12.2. The van der Waals surface area contributed by atoms with Gasteiger partial charge >= 0.3 is 12.1 Å². The lowest BCUT2D eigenvalue weighted by atomic mass is 10.0. The van der Waals surface area contributed by atoms with Crippen LogP contribution in [0.3, 0.4) is 0 Å². The zero-order valence-electron chi connectivity index (χ0n) is 17.1. The number of benzene rings is 1. The molecule has 0 heterocycles. The first-order valence-corrected chi connectivity index (χ1v) is 9.77. The fraction of sp³-hybridized carbons (Fsp3) is 0.571. The summed E-state index contributed by atoms with van der Waals surface area (Å²) in [5, 5.41) is 13.1. The summed E-state index contributed by atoms with van der Waals surface area (Å²) < 4.78 is 47.9. The van der Waals surface area contributed by atoms with Crippen molar-refractivity contribution in [1.82, 2.24) is 5.32 Å². The highest BCUT2D eigenvalue weighted by atomic mass is 19.4. The lowest BCUT2D eigenvalue weighted by Crippen LogP contribution is -2.33. The van der Waals surface area contributed by atoms with Crippen molar-refractivity contribution >= 4 is 5.97 Å². The van der Waals surface area contributed by atoms with Gasteiger partial charge in [-0.05, 0) is 30.0 Å². The van der Waals surface area contributed by atoms with Gasteiger partial charge in [0, 0.05) is 19.2 Å². The molecule has 0 saturated carbocycles. The number of carbonyl (C=O) groups excluding carboxylic acids is 1. The number of hydrogen-bond donors (Lipinski definition) is 1. The molecule has 0 aromatic heterocycles. The highest BCUT2D eigenvalue weighted by Gasteiger charge is 2.31. The second-order valence-corrected chi connectivity index (χ2v) is 6.71. The smallest absolute Gasteiger partial charge is 0.404 e. The predicted molar refractivity (Wildman–Crippen MR) is 102 cm³/mol. The van der Waals surface area contributed by atoms with Gasteiger partial charge in [0.2, 0.25) is 0 Å². The number of unbranched alkanes of at least 4 members (excludes halogenated alkanes) is 1. The number of allylic oxidation sites excluding steroid dienone is 1. The Bertz CT molecular complexity index is 657. The Kier molecular flexibility index (Phi) is 10.4. The Morgan fingerprint density at radius 1 is 1.21 bits per heavy atom. The molecular formula is C21H29F3NO4-. The molecule has 0 aliphatic carbocycles. The fourth-order valence-corrected chi connectivity index (χ4v) is 2.65. The Hall–Kier alpha value is -2.38. The maximum atomic E-state index is 12.4. The molecule has 29 heavy (non-hydrogen) atoms. The van der Waals surface area contributed by atoms with E-state index in [-0.39, 0.29) is 6.61 Å². The van der Waals surface area contributed by atoms with Gasteiger partial charge < -0.3 is 19.9 Å². The Balaban J connectivity index is 2.51. The third-order valence-electron chi connectivity index (χ3n) is 4.51. The molecule has 0 aliphatic heterocycles. The highest BCUT2D eigenvalue weighted by Crippen LogP contribution is 2.23. The van der Waals surface area contributed by atoms with Gasteiger partial charge in [0.25, 0.3) is 0 Å². The van der Waals surface area contributed by atoms with E-state index in [9.17, 15) is 23.1 Å². The lowest BCUT2D eigenvalue weighted by Gasteiger charge is -2.20. The molecule has 1 N–H and O–H groups in total. The van der Waals surface area contributed by atoms with E-state index < -0.39 is 23.6 Å². The first kappa shape index (κ1) is 24.7. The lowest BCUT2D eigenvalue weighted by molar-refractivity contribution is -0.362. The topological polar surface area (TPSA) is 70.6 Å². The van der Waals surface area contributed by atoms with Crippen LogP contribution in [0.4, 0.5) is 13.2 Å². The largest absolute Gasteiger partial charge is 0.868 e. The predicted octanol–water partition coefficient (Wildman–Crippen LogP) is 3.72. The average molecular weight is 416 g/mol. The molecule has 8 heteroatoms. The molecule has 5 nitrogen and oxygen atoms in total. The van der Waals surface area contributed by atoms with Crippen LogP contribution in [0.2, 0.25) is 0 Å². The number of alkyl halides is 3. The van der Waals surface area contributed by atoms with Gasteiger partial charge in [-0.1, -0.05) is 45.2 Å². The van der Waals surface area contributed by atoms with Gasteiger partial charge in [-0.25, -0.2) is 4.79 Å². The van der Waals surface area contributed by atoms with Crippen molar-refractivity contribution in [2.24, 2.45) is 5.92 Å². The summed E-state index contributed by atoms with van der Waals surface area (Å²) in [5.41, 5.74) is -0.300. The third-order valence-corrected chi connectivity index (χ3v) is 4.51. The van der Waals surface area contributed by atoms with Crippen molar-refractivity contribution in [2.75, 3.05) is 20.3 Å². The zero-order valence-corrected chi connectivity index (χ0v) is 17.1. The van der Waals surface area contributed by atoms with Crippen LogP contribution in [0.1, 0.15) is 45.1 Å². The molecule has 0 spiro atoms. The zero-order chi connectivity index (χ0) is 21.9. The molecule has 1 unspecified atom stereocenters. The SMILES string of the molecule is CCCCC(CC)COc1ccc(CCOC(=O)/C(NC)=C(\[O-])C(F)(F)F)cc1. The van der Waals surface area contributed by atoms with Crippen LogP contribution in [-0.2, 0) is 16.0 Å². The van der Waals surface area contributed by atoms with Crippen LogP contribution >= 0.6 is 0 Å². The first-order chi connectivity index (χ1) is 13.7. The highest BCUT2D eigenvalue weighted by molar-refractivity contribution is 5.88. The van der Waals surface area contributed by atoms with Crippen molar-refractivity contribution in [1.29, 1.82) is 0 Å². The van der Waals surface area contributed by atoms with Gasteiger partial charge in [0.1, 0.15) is 11.4 Å². The summed E-state index contributed by atoms with van der Waals surface area (Å²) in [4.78, 5) is 11.7. The summed E-state index contributed by atoms with van der Waals surface area (Å²) in [7, 11) is 1.06. The molecule has 1 rings (SSSR count). The summed E-state index contributed by atoms with van der Waals surface area (Å²) in [6.45, 7) is 4.82. The minimum Gasteiger partial charge on any atom is -0.868 e. The monoisotopic (exact) mass is 416 g/mol. The van der Waals surface area contributed by atoms with Crippen molar-refractivity contribution < 1.29 is 32.5 Å². The Labute approximate surface area is 169 Å². The molecule has 1 aromatic carbocycles. The molecule has 0 fully saturated rings. The van der Waals surface area contributed by atoms with E-state index in [4.69, 9.17) is 9.47 Å². The average Bonchev–Trinajstić information content (AvgIpc) is 2.69. The minimum atomic E-state index is -5.14. The minimum absolute atomic E-state index is 0.149. The number of halogens is 3. The summed E-state index contributed by atoms with van der Waals surface area (Å²) >= 11 is 0. The maximum Gasteiger partial charge on any atom is 0.404 e. The van der Waals surface area contributed by atoms with Crippen LogP contribution in [0.5, 0.6) is 5.75 Å². The number of likely N-dealkylation sites (N-methyl/N-ethyl adjacent to an activating group) is 1. The molecule has 1 aromatic rings. The summed E-state index contributed by atoms with van der Waals surface area (Å²) in [6, 6.07) is 7.23. The van der Waals surface area contributed by atoms with E-state index in [1.165, 1.54) is 6.42 Å². The van der Waals surface area contributed by atoms with Crippen LogP contribution in [0, 0.1) is 5.92 Å². The van der Waals surface area contributed by atoms with E-state index in [0.717, 1.165) is 37.6 Å². The van der Waals surface area contributed by atoms with Gasteiger partial charge in [-0.3, -0.25) is 0 Å². The van der Waals surface area contributed by atoms with E-state index in [0.29, 0.717) is 18.9 Å². The number of hydrogen-bond acceptors (Lipinski definition) is 5. The van der Waals surface area contributed by atoms with Crippen molar-refractivity contribution in [3.63, 3.8) is 0 Å². The second-order valence-electron chi connectivity index (χ2n) is 6.71. The maximum absolute atomic E-state index is 12.4. The van der Waals surface area contributed by atoms with Crippen molar-refractivity contribution in [3.8, 4) is 5.75 Å². The van der Waals surface area contributed by atoms with E-state index >= 15 is 0 Å². The quantitative estimate of drug-likeness (QED) is 0.319. The number of ether oxygens (including phenoxy) is 2. The van der Waals surface area contributed by atoms with Gasteiger partial charge in [-0.15, -0.1) is 0 Å². The molecule has 1 atom stereocenters. The number of esters is 1. The number of nitrogens with one attached hydrogen (secondary N) is 1. The van der Waals surface area contributed by atoms with Gasteiger partial charge in [0.05, 0.1) is 13.2 Å². The van der Waals surface area contributed by atoms with Gasteiger partial charge in [0.15, 0.2) is 0 Å². The van der Waals surface area contributed by atoms with Crippen LogP contribution in [-0.4, -0.2) is 32.4 Å². The first-order valence-electron chi connectivity index (χ1n) is 9.77. The van der Waals surface area contributed by atoms with E-state index in [1.54, 1.807) is 12.1 Å². The number of carbonyl (C=O) groups is 1. The van der Waals surface area contributed by atoms with Crippen LogP contribution < -0.4 is 15.2 Å².